The molecule has 0 fully saturated rings. The van der Waals surface area contributed by atoms with Gasteiger partial charge in [-0.25, -0.2) is 0 Å². The van der Waals surface area contributed by atoms with Crippen LogP contribution in [0.5, 0.6) is 5.75 Å². The van der Waals surface area contributed by atoms with Gasteiger partial charge in [-0.2, -0.15) is 0 Å². The van der Waals surface area contributed by atoms with Crippen molar-refractivity contribution in [1.29, 1.82) is 0 Å². The third kappa shape index (κ3) is 2.75. The molecule has 0 amide bonds. The quantitative estimate of drug-likeness (QED) is 0.840. The first-order chi connectivity index (χ1) is 9.81. The molecule has 0 radical (unpaired) electrons. The number of rotatable bonds is 2. The fraction of sp³-hybridized carbons (Fsp3) is 0.368. The highest BCUT2D eigenvalue weighted by Crippen LogP contribution is 2.40. The molecule has 0 heterocycles. The number of hydrogen-bond donors (Lipinski definition) is 1. The van der Waals surface area contributed by atoms with Gasteiger partial charge in [-0.1, -0.05) is 44.9 Å². The van der Waals surface area contributed by atoms with Crippen LogP contribution in [0.1, 0.15) is 33.3 Å². The smallest absolute Gasteiger partial charge is 0.155 e. The Bertz CT molecular complexity index is 714. The number of hydrogen-bond acceptors (Lipinski definition) is 2. The van der Waals surface area contributed by atoms with Gasteiger partial charge in [0.25, 0.3) is 0 Å². The summed E-state index contributed by atoms with van der Waals surface area (Å²) < 4.78 is 5.24. The van der Waals surface area contributed by atoms with E-state index in [9.17, 15) is 5.11 Å². The molecular formula is C19H22O2. The molecule has 2 aromatic carbocycles. The highest BCUT2D eigenvalue weighted by Gasteiger charge is 2.40. The van der Waals surface area contributed by atoms with Crippen LogP contribution in [0.2, 0.25) is 0 Å². The van der Waals surface area contributed by atoms with Gasteiger partial charge < -0.3 is 9.84 Å². The fourth-order valence-corrected chi connectivity index (χ4v) is 2.45. The van der Waals surface area contributed by atoms with Crippen molar-refractivity contribution in [2.24, 2.45) is 5.41 Å². The Morgan fingerprint density at radius 2 is 1.62 bits per heavy atom. The fourth-order valence-electron chi connectivity index (χ4n) is 2.45. The second kappa shape index (κ2) is 5.42. The van der Waals surface area contributed by atoms with Crippen molar-refractivity contribution in [3.05, 3.63) is 42.0 Å². The summed E-state index contributed by atoms with van der Waals surface area (Å²) in [6.07, 6.45) is 0. The summed E-state index contributed by atoms with van der Waals surface area (Å²) in [5.41, 5.74) is -0.728. The van der Waals surface area contributed by atoms with Crippen LogP contribution < -0.4 is 4.74 Å². The Hall–Kier alpha value is -1.98. The predicted molar refractivity (Wildman–Crippen MR) is 87.3 cm³/mol. The topological polar surface area (TPSA) is 29.5 Å². The maximum Gasteiger partial charge on any atom is 0.155 e. The molecule has 0 saturated heterocycles. The average molecular weight is 282 g/mol. The van der Waals surface area contributed by atoms with Crippen LogP contribution in [0, 0.1) is 17.3 Å². The van der Waals surface area contributed by atoms with Crippen molar-refractivity contribution in [2.75, 3.05) is 7.11 Å². The van der Waals surface area contributed by atoms with E-state index in [-0.39, 0.29) is 5.41 Å². The van der Waals surface area contributed by atoms with E-state index in [0.717, 1.165) is 22.1 Å². The van der Waals surface area contributed by atoms with E-state index in [1.807, 2.05) is 57.2 Å². The first kappa shape index (κ1) is 15.4. The maximum atomic E-state index is 11.1. The Morgan fingerprint density at radius 1 is 1.00 bits per heavy atom. The van der Waals surface area contributed by atoms with E-state index in [1.165, 1.54) is 0 Å². The molecule has 2 rings (SSSR count). The summed E-state index contributed by atoms with van der Waals surface area (Å²) in [7, 11) is 1.66. The SMILES string of the molecule is CC#C[C@](O)(c1ccc2cc(OC)ccc2c1)C(C)(C)C. The molecule has 110 valence electrons. The molecule has 1 atom stereocenters. The van der Waals surface area contributed by atoms with Crippen molar-refractivity contribution in [3.63, 3.8) is 0 Å². The third-order valence-corrected chi connectivity index (χ3v) is 3.86. The van der Waals surface area contributed by atoms with Crippen LogP contribution in [0.25, 0.3) is 10.8 Å². The van der Waals surface area contributed by atoms with Crippen LogP contribution in [-0.4, -0.2) is 12.2 Å². The van der Waals surface area contributed by atoms with Crippen molar-refractivity contribution >= 4 is 10.8 Å². The Labute approximate surface area is 126 Å². The summed E-state index contributed by atoms with van der Waals surface area (Å²) in [6, 6.07) is 11.9. The molecule has 0 saturated carbocycles. The van der Waals surface area contributed by atoms with Gasteiger partial charge in [0.05, 0.1) is 7.11 Å². The molecule has 0 aliphatic rings. The molecule has 2 aromatic rings. The summed E-state index contributed by atoms with van der Waals surface area (Å²) in [5, 5.41) is 13.2. The molecule has 0 spiro atoms. The normalized spacial score (nSPS) is 14.2. The lowest BCUT2D eigenvalue weighted by molar-refractivity contribution is -0.00893. The van der Waals surface area contributed by atoms with Crippen LogP contribution in [0.3, 0.4) is 0 Å². The zero-order chi connectivity index (χ0) is 15.7. The third-order valence-electron chi connectivity index (χ3n) is 3.86. The molecule has 0 aliphatic carbocycles. The second-order valence-electron chi connectivity index (χ2n) is 6.26. The minimum Gasteiger partial charge on any atom is -0.497 e. The van der Waals surface area contributed by atoms with Gasteiger partial charge in [0.15, 0.2) is 5.60 Å². The summed E-state index contributed by atoms with van der Waals surface area (Å²) in [5.74, 6) is 6.67. The van der Waals surface area contributed by atoms with E-state index in [1.54, 1.807) is 14.0 Å². The lowest BCUT2D eigenvalue weighted by Crippen LogP contribution is -2.38. The van der Waals surface area contributed by atoms with Crippen LogP contribution in [0.4, 0.5) is 0 Å². The van der Waals surface area contributed by atoms with E-state index in [4.69, 9.17) is 4.74 Å². The number of ether oxygens (including phenoxy) is 1. The van der Waals surface area contributed by atoms with Crippen molar-refractivity contribution in [1.82, 2.24) is 0 Å². The van der Waals surface area contributed by atoms with Crippen LogP contribution in [0.15, 0.2) is 36.4 Å². The molecule has 21 heavy (non-hydrogen) atoms. The average Bonchev–Trinajstić information content (AvgIpc) is 2.45. The van der Waals surface area contributed by atoms with E-state index < -0.39 is 5.60 Å². The Kier molecular flexibility index (Phi) is 3.98. The van der Waals surface area contributed by atoms with Crippen molar-refractivity contribution in [3.8, 4) is 17.6 Å². The molecule has 2 nitrogen and oxygen atoms in total. The van der Waals surface area contributed by atoms with E-state index >= 15 is 0 Å². The highest BCUT2D eigenvalue weighted by atomic mass is 16.5. The lowest BCUT2D eigenvalue weighted by Gasteiger charge is -2.36. The van der Waals surface area contributed by atoms with Gasteiger partial charge in [-0.15, -0.1) is 5.92 Å². The lowest BCUT2D eigenvalue weighted by atomic mass is 9.72. The van der Waals surface area contributed by atoms with Crippen LogP contribution in [-0.2, 0) is 5.60 Å². The van der Waals surface area contributed by atoms with Gasteiger partial charge in [-0.3, -0.25) is 0 Å². The molecule has 0 aliphatic heterocycles. The predicted octanol–water partition coefficient (Wildman–Crippen LogP) is 4.11. The first-order valence-corrected chi connectivity index (χ1v) is 7.06. The van der Waals surface area contributed by atoms with Gasteiger partial charge >= 0.3 is 0 Å². The van der Waals surface area contributed by atoms with Crippen molar-refractivity contribution < 1.29 is 9.84 Å². The molecule has 1 N–H and O–H groups in total. The minimum absolute atomic E-state index is 0.379. The number of methoxy groups -OCH3 is 1. The highest BCUT2D eigenvalue weighted by molar-refractivity contribution is 5.85. The molecule has 0 bridgehead atoms. The Balaban J connectivity index is 2.62. The van der Waals surface area contributed by atoms with Gasteiger partial charge in [0.2, 0.25) is 0 Å². The summed E-state index contributed by atoms with van der Waals surface area (Å²) in [6.45, 7) is 7.74. The van der Waals surface area contributed by atoms with E-state index in [2.05, 4.69) is 11.8 Å². The Morgan fingerprint density at radius 3 is 2.19 bits per heavy atom. The first-order valence-electron chi connectivity index (χ1n) is 7.06. The van der Waals surface area contributed by atoms with E-state index in [0.29, 0.717) is 0 Å². The van der Waals surface area contributed by atoms with Crippen molar-refractivity contribution in [2.45, 2.75) is 33.3 Å². The zero-order valence-corrected chi connectivity index (χ0v) is 13.3. The monoisotopic (exact) mass is 282 g/mol. The minimum atomic E-state index is -1.17. The number of benzene rings is 2. The van der Waals surface area contributed by atoms with Gasteiger partial charge in [0, 0.05) is 5.41 Å². The number of fused-ring (bicyclic) bond motifs is 1. The largest absolute Gasteiger partial charge is 0.497 e. The molecular weight excluding hydrogens is 260 g/mol. The number of aliphatic hydroxyl groups is 1. The zero-order valence-electron chi connectivity index (χ0n) is 13.3. The summed E-state index contributed by atoms with van der Waals surface area (Å²) in [4.78, 5) is 0. The second-order valence-corrected chi connectivity index (χ2v) is 6.26. The molecule has 2 heteroatoms. The van der Waals surface area contributed by atoms with Gasteiger partial charge in [0.1, 0.15) is 5.75 Å². The molecule has 0 unspecified atom stereocenters. The standard InChI is InChI=1S/C19H22O2/c1-6-11-19(20,18(2,3)4)16-9-7-15-13-17(21-5)10-8-14(15)12-16/h7-10,12-13,20H,1-5H3/t19-/m0/s1. The van der Waals surface area contributed by atoms with Crippen LogP contribution >= 0.6 is 0 Å². The van der Waals surface area contributed by atoms with Gasteiger partial charge in [-0.05, 0) is 41.5 Å². The summed E-state index contributed by atoms with van der Waals surface area (Å²) >= 11 is 0. The maximum absolute atomic E-state index is 11.1. The molecule has 0 aromatic heterocycles.